The molecule has 0 amide bonds. The molecule has 1 heterocycles. The molecule has 144 valence electrons. The fraction of sp³-hybridized carbons (Fsp3) is 0.474. The smallest absolute Gasteiger partial charge is 0.191 e. The molecule has 0 aliphatic rings. The Balaban J connectivity index is 0.00000338. The van der Waals surface area contributed by atoms with Crippen LogP contribution in [0.5, 0.6) is 5.75 Å². The number of benzene rings is 1. The highest BCUT2D eigenvalue weighted by Gasteiger charge is 2.07. The SMILES string of the molecule is CCOc1ccccc1CNC(=NC)NCc1nccn1CC(C)C.I. The molecular weight excluding hydrogens is 441 g/mol. The lowest BCUT2D eigenvalue weighted by molar-refractivity contribution is 0.336. The van der Waals surface area contributed by atoms with Gasteiger partial charge < -0.3 is 19.9 Å². The Morgan fingerprint density at radius 2 is 1.96 bits per heavy atom. The van der Waals surface area contributed by atoms with E-state index in [4.69, 9.17) is 4.74 Å². The number of ether oxygens (including phenoxy) is 1. The summed E-state index contributed by atoms with van der Waals surface area (Å²) in [6, 6.07) is 8.04. The van der Waals surface area contributed by atoms with E-state index in [1.165, 1.54) is 0 Å². The highest BCUT2D eigenvalue weighted by molar-refractivity contribution is 14.0. The number of nitrogens with one attached hydrogen (secondary N) is 2. The number of aliphatic imine (C=N–C) groups is 1. The van der Waals surface area contributed by atoms with E-state index in [0.717, 1.165) is 29.6 Å². The van der Waals surface area contributed by atoms with Crippen molar-refractivity contribution in [3.63, 3.8) is 0 Å². The molecule has 0 aliphatic heterocycles. The molecule has 6 nitrogen and oxygen atoms in total. The van der Waals surface area contributed by atoms with Crippen LogP contribution in [0.25, 0.3) is 0 Å². The average molecular weight is 471 g/mol. The molecule has 0 spiro atoms. The Morgan fingerprint density at radius 3 is 2.65 bits per heavy atom. The predicted octanol–water partition coefficient (Wildman–Crippen LogP) is 3.42. The number of hydrogen-bond acceptors (Lipinski definition) is 3. The van der Waals surface area contributed by atoms with Gasteiger partial charge in [-0.1, -0.05) is 32.0 Å². The maximum Gasteiger partial charge on any atom is 0.191 e. The first-order chi connectivity index (χ1) is 12.1. The zero-order valence-electron chi connectivity index (χ0n) is 16.0. The third kappa shape index (κ3) is 6.86. The Bertz CT molecular complexity index is 684. The second-order valence-corrected chi connectivity index (χ2v) is 6.21. The minimum absolute atomic E-state index is 0. The zero-order valence-corrected chi connectivity index (χ0v) is 18.4. The summed E-state index contributed by atoms with van der Waals surface area (Å²) in [7, 11) is 1.77. The number of para-hydroxylation sites is 1. The molecule has 1 aromatic carbocycles. The number of aromatic nitrogens is 2. The Hall–Kier alpha value is -1.77. The van der Waals surface area contributed by atoms with Gasteiger partial charge in [0, 0.05) is 38.1 Å². The standard InChI is InChI=1S/C19H29N5O.HI/c1-5-25-17-9-7-6-8-16(17)12-22-19(20-4)23-13-18-21-10-11-24(18)14-15(2)3;/h6-11,15H,5,12-14H2,1-4H3,(H2,20,22,23);1H. The summed E-state index contributed by atoms with van der Waals surface area (Å²) in [5.74, 6) is 3.23. The molecule has 0 bridgehead atoms. The van der Waals surface area contributed by atoms with Crippen molar-refractivity contribution in [3.05, 3.63) is 48.0 Å². The van der Waals surface area contributed by atoms with E-state index < -0.39 is 0 Å². The van der Waals surface area contributed by atoms with Gasteiger partial charge in [0.05, 0.1) is 13.2 Å². The number of hydrogen-bond donors (Lipinski definition) is 2. The van der Waals surface area contributed by atoms with Gasteiger partial charge in [-0.3, -0.25) is 4.99 Å². The first-order valence-corrected chi connectivity index (χ1v) is 8.79. The van der Waals surface area contributed by atoms with Crippen molar-refractivity contribution < 1.29 is 4.74 Å². The van der Waals surface area contributed by atoms with Gasteiger partial charge >= 0.3 is 0 Å². The van der Waals surface area contributed by atoms with Crippen molar-refractivity contribution in [3.8, 4) is 5.75 Å². The third-order valence-corrected chi connectivity index (χ3v) is 3.72. The zero-order chi connectivity index (χ0) is 18.1. The van der Waals surface area contributed by atoms with Crippen molar-refractivity contribution in [2.24, 2.45) is 10.9 Å². The fourth-order valence-electron chi connectivity index (χ4n) is 2.58. The Morgan fingerprint density at radius 1 is 1.23 bits per heavy atom. The van der Waals surface area contributed by atoms with E-state index in [-0.39, 0.29) is 24.0 Å². The summed E-state index contributed by atoms with van der Waals surface area (Å²) in [6.07, 6.45) is 3.86. The number of imidazole rings is 1. The quantitative estimate of drug-likeness (QED) is 0.352. The van der Waals surface area contributed by atoms with Crippen LogP contribution >= 0.6 is 24.0 Å². The fourth-order valence-corrected chi connectivity index (χ4v) is 2.58. The maximum absolute atomic E-state index is 5.66. The topological polar surface area (TPSA) is 63.5 Å². The molecule has 0 radical (unpaired) electrons. The second-order valence-electron chi connectivity index (χ2n) is 6.21. The normalized spacial score (nSPS) is 11.2. The minimum atomic E-state index is 0. The summed E-state index contributed by atoms with van der Waals surface area (Å²) in [4.78, 5) is 8.72. The van der Waals surface area contributed by atoms with Gasteiger partial charge in [-0.15, -0.1) is 24.0 Å². The van der Waals surface area contributed by atoms with Gasteiger partial charge in [0.1, 0.15) is 11.6 Å². The number of guanidine groups is 1. The van der Waals surface area contributed by atoms with Crippen molar-refractivity contribution >= 4 is 29.9 Å². The lowest BCUT2D eigenvalue weighted by Gasteiger charge is -2.15. The molecule has 2 aromatic rings. The summed E-state index contributed by atoms with van der Waals surface area (Å²) in [6.45, 7) is 9.29. The van der Waals surface area contributed by atoms with E-state index in [0.29, 0.717) is 25.6 Å². The number of halogens is 1. The van der Waals surface area contributed by atoms with E-state index in [1.54, 1.807) is 7.05 Å². The molecule has 0 aliphatic carbocycles. The lowest BCUT2D eigenvalue weighted by atomic mass is 10.2. The van der Waals surface area contributed by atoms with Crippen LogP contribution < -0.4 is 15.4 Å². The van der Waals surface area contributed by atoms with Crippen LogP contribution in [0.1, 0.15) is 32.2 Å². The van der Waals surface area contributed by atoms with Crippen molar-refractivity contribution in [2.45, 2.75) is 40.4 Å². The van der Waals surface area contributed by atoms with Crippen LogP contribution in [-0.4, -0.2) is 29.2 Å². The molecule has 0 atom stereocenters. The molecule has 2 N–H and O–H groups in total. The molecule has 1 aromatic heterocycles. The van der Waals surface area contributed by atoms with Gasteiger partial charge in [-0.2, -0.15) is 0 Å². The largest absolute Gasteiger partial charge is 0.494 e. The summed E-state index contributed by atoms with van der Waals surface area (Å²) in [5.41, 5.74) is 1.11. The highest BCUT2D eigenvalue weighted by Crippen LogP contribution is 2.17. The van der Waals surface area contributed by atoms with Crippen LogP contribution in [0.15, 0.2) is 41.7 Å². The molecule has 0 saturated carbocycles. The number of rotatable bonds is 8. The minimum Gasteiger partial charge on any atom is -0.494 e. The molecular formula is C19H30IN5O. The molecule has 0 saturated heterocycles. The highest BCUT2D eigenvalue weighted by atomic mass is 127. The van der Waals surface area contributed by atoms with E-state index in [1.807, 2.05) is 37.5 Å². The van der Waals surface area contributed by atoms with Gasteiger partial charge in [0.2, 0.25) is 0 Å². The predicted molar refractivity (Wildman–Crippen MR) is 117 cm³/mol. The first-order valence-electron chi connectivity index (χ1n) is 8.79. The van der Waals surface area contributed by atoms with E-state index in [9.17, 15) is 0 Å². The molecule has 0 unspecified atom stereocenters. The van der Waals surface area contributed by atoms with Crippen LogP contribution in [0.2, 0.25) is 0 Å². The van der Waals surface area contributed by atoms with Crippen LogP contribution in [-0.2, 0) is 19.6 Å². The summed E-state index contributed by atoms with van der Waals surface area (Å²) >= 11 is 0. The van der Waals surface area contributed by atoms with E-state index >= 15 is 0 Å². The Labute approximate surface area is 173 Å². The molecule has 2 rings (SSSR count). The van der Waals surface area contributed by atoms with E-state index in [2.05, 4.69) is 45.1 Å². The van der Waals surface area contributed by atoms with Crippen molar-refractivity contribution in [1.29, 1.82) is 0 Å². The van der Waals surface area contributed by atoms with Crippen LogP contribution in [0, 0.1) is 5.92 Å². The maximum atomic E-state index is 5.66. The monoisotopic (exact) mass is 471 g/mol. The van der Waals surface area contributed by atoms with Gasteiger partial charge in [-0.25, -0.2) is 4.98 Å². The second kappa shape index (κ2) is 11.8. The molecule has 26 heavy (non-hydrogen) atoms. The van der Waals surface area contributed by atoms with Crippen LogP contribution in [0.4, 0.5) is 0 Å². The lowest BCUT2D eigenvalue weighted by Crippen LogP contribution is -2.37. The summed E-state index contributed by atoms with van der Waals surface area (Å²) < 4.78 is 7.84. The van der Waals surface area contributed by atoms with Gasteiger partial charge in [-0.05, 0) is 18.9 Å². The van der Waals surface area contributed by atoms with Crippen molar-refractivity contribution in [1.82, 2.24) is 20.2 Å². The molecule has 0 fully saturated rings. The average Bonchev–Trinajstić information content (AvgIpc) is 3.03. The third-order valence-electron chi connectivity index (χ3n) is 3.72. The Kier molecular flexibility index (Phi) is 10.1. The van der Waals surface area contributed by atoms with Gasteiger partial charge in [0.25, 0.3) is 0 Å². The van der Waals surface area contributed by atoms with Crippen molar-refractivity contribution in [2.75, 3.05) is 13.7 Å². The van der Waals surface area contributed by atoms with Gasteiger partial charge in [0.15, 0.2) is 5.96 Å². The number of nitrogens with zero attached hydrogens (tertiary/aromatic N) is 3. The summed E-state index contributed by atoms with van der Waals surface area (Å²) in [5, 5.41) is 6.65. The van der Waals surface area contributed by atoms with Crippen LogP contribution in [0.3, 0.4) is 0 Å². The molecule has 7 heteroatoms. The first kappa shape index (κ1) is 22.3.